The number of aryl methyl sites for hydroxylation is 2. The van der Waals surface area contributed by atoms with E-state index in [4.69, 9.17) is 22.1 Å². The smallest absolute Gasteiger partial charge is 0.162 e. The molecular formula is C35H35ClFN3O2. The first-order valence-electron chi connectivity index (χ1n) is 14.2. The van der Waals surface area contributed by atoms with Crippen molar-refractivity contribution in [2.75, 3.05) is 4.90 Å². The summed E-state index contributed by atoms with van der Waals surface area (Å²) in [6.45, 7) is 10.4. The molecule has 0 amide bonds. The monoisotopic (exact) mass is 583 g/mol. The number of Topliss-reactive ketones (excluding diaryl/α,β-unsaturated/α-hetero) is 1. The molecule has 0 spiro atoms. The molecule has 2 N–H and O–H groups in total. The molecule has 5 rings (SSSR count). The number of carbonyl (C=O) groups excluding carboxylic acids is 1. The molecule has 1 heterocycles. The van der Waals surface area contributed by atoms with Crippen molar-refractivity contribution in [2.24, 2.45) is 11.1 Å². The van der Waals surface area contributed by atoms with E-state index >= 15 is 0 Å². The van der Waals surface area contributed by atoms with Gasteiger partial charge in [0, 0.05) is 23.4 Å². The predicted octanol–water partition coefficient (Wildman–Crippen LogP) is 8.18. The fourth-order valence-electron chi connectivity index (χ4n) is 6.16. The number of halogens is 2. The topological polar surface area (TPSA) is 79.3 Å². The van der Waals surface area contributed by atoms with Crippen LogP contribution in [0.15, 0.2) is 77.3 Å². The molecule has 42 heavy (non-hydrogen) atoms. The van der Waals surface area contributed by atoms with Gasteiger partial charge in [-0.2, -0.15) is 5.26 Å². The SMILES string of the molecule is CCc1ccc(N2C(N)=C(C#N)C(c3cc(C)cc(COc4ccc(F)cc4Cl)c3C)C3=C2CC(C)(C)CC3=O)cc1. The number of hydrogen-bond donors (Lipinski definition) is 1. The minimum Gasteiger partial charge on any atom is -0.487 e. The maximum Gasteiger partial charge on any atom is 0.162 e. The predicted molar refractivity (Wildman–Crippen MR) is 165 cm³/mol. The van der Waals surface area contributed by atoms with Gasteiger partial charge in [-0.05, 0) is 84.7 Å². The standard InChI is InChI=1S/C35H35ClFN3O2/c1-6-22-7-10-25(11-8-22)40-29-16-35(4,5)17-30(41)33(29)32(27(18-38)34(40)39)26-14-20(2)13-23(21(26)3)19-42-31-12-9-24(37)15-28(31)36/h7-15,32H,6,16-17,19,39H2,1-5H3. The van der Waals surface area contributed by atoms with E-state index in [2.05, 4.69) is 39.0 Å². The van der Waals surface area contributed by atoms with Crippen LogP contribution in [0, 0.1) is 36.4 Å². The molecule has 5 nitrogen and oxygen atoms in total. The molecule has 216 valence electrons. The van der Waals surface area contributed by atoms with Crippen molar-refractivity contribution < 1.29 is 13.9 Å². The largest absolute Gasteiger partial charge is 0.487 e. The van der Waals surface area contributed by atoms with Gasteiger partial charge in [0.15, 0.2) is 5.78 Å². The Kier molecular flexibility index (Phi) is 7.92. The van der Waals surface area contributed by atoms with Crippen molar-refractivity contribution in [3.05, 3.63) is 116 Å². The lowest BCUT2D eigenvalue weighted by Gasteiger charge is -2.44. The van der Waals surface area contributed by atoms with E-state index in [0.717, 1.165) is 40.1 Å². The number of hydrogen-bond acceptors (Lipinski definition) is 5. The number of carbonyl (C=O) groups is 1. The number of nitrogens with two attached hydrogens (primary N) is 1. The zero-order chi connectivity index (χ0) is 30.3. The third-order valence-corrected chi connectivity index (χ3v) is 8.57. The summed E-state index contributed by atoms with van der Waals surface area (Å²) in [4.78, 5) is 15.9. The zero-order valence-electron chi connectivity index (χ0n) is 24.6. The van der Waals surface area contributed by atoms with Crippen LogP contribution in [0.3, 0.4) is 0 Å². The van der Waals surface area contributed by atoms with Crippen LogP contribution in [0.25, 0.3) is 0 Å². The second kappa shape index (κ2) is 11.3. The highest BCUT2D eigenvalue weighted by atomic mass is 35.5. The minimum atomic E-state index is -0.604. The van der Waals surface area contributed by atoms with Crippen molar-refractivity contribution in [1.82, 2.24) is 0 Å². The summed E-state index contributed by atoms with van der Waals surface area (Å²) in [5, 5.41) is 10.7. The van der Waals surface area contributed by atoms with E-state index < -0.39 is 11.7 Å². The number of benzene rings is 3. The molecule has 3 aromatic rings. The Balaban J connectivity index is 1.65. The second-order valence-corrected chi connectivity index (χ2v) is 12.4. The molecule has 0 bridgehead atoms. The van der Waals surface area contributed by atoms with E-state index in [0.29, 0.717) is 35.6 Å². The van der Waals surface area contributed by atoms with Gasteiger partial charge in [0.2, 0.25) is 0 Å². The van der Waals surface area contributed by atoms with Crippen molar-refractivity contribution >= 4 is 23.1 Å². The molecule has 0 aromatic heterocycles. The van der Waals surface area contributed by atoms with Crippen LogP contribution in [0.4, 0.5) is 10.1 Å². The summed E-state index contributed by atoms with van der Waals surface area (Å²) in [5.74, 6) is -0.301. The Labute approximate surface area is 252 Å². The molecule has 1 atom stereocenters. The Hall–Kier alpha value is -4.08. The zero-order valence-corrected chi connectivity index (χ0v) is 25.4. The van der Waals surface area contributed by atoms with Gasteiger partial charge in [-0.1, -0.05) is 62.2 Å². The maximum absolute atomic E-state index is 14.0. The van der Waals surface area contributed by atoms with Crippen LogP contribution in [0.5, 0.6) is 5.75 Å². The van der Waals surface area contributed by atoms with E-state index in [1.165, 1.54) is 23.8 Å². The summed E-state index contributed by atoms with van der Waals surface area (Å²) in [6, 6.07) is 18.6. The van der Waals surface area contributed by atoms with Gasteiger partial charge < -0.3 is 10.5 Å². The normalized spacial score (nSPS) is 18.2. The Morgan fingerprint density at radius 3 is 2.48 bits per heavy atom. The number of allylic oxidation sites excluding steroid dienone is 3. The van der Waals surface area contributed by atoms with E-state index in [-0.39, 0.29) is 22.8 Å². The lowest BCUT2D eigenvalue weighted by molar-refractivity contribution is -0.118. The quantitative estimate of drug-likeness (QED) is 0.316. The van der Waals surface area contributed by atoms with Crippen molar-refractivity contribution in [3.63, 3.8) is 0 Å². The van der Waals surface area contributed by atoms with Crippen molar-refractivity contribution in [3.8, 4) is 11.8 Å². The van der Waals surface area contributed by atoms with Gasteiger partial charge in [0.05, 0.1) is 22.6 Å². The number of ether oxygens (including phenoxy) is 1. The van der Waals surface area contributed by atoms with Crippen LogP contribution < -0.4 is 15.4 Å². The van der Waals surface area contributed by atoms with Gasteiger partial charge in [0.1, 0.15) is 24.0 Å². The number of anilines is 1. The average molecular weight is 584 g/mol. The van der Waals surface area contributed by atoms with E-state index in [9.17, 15) is 14.4 Å². The summed E-state index contributed by atoms with van der Waals surface area (Å²) < 4.78 is 19.5. The summed E-state index contributed by atoms with van der Waals surface area (Å²) >= 11 is 6.20. The van der Waals surface area contributed by atoms with Crippen LogP contribution >= 0.6 is 11.6 Å². The fraction of sp³-hybridized carbons (Fsp3) is 0.314. The highest BCUT2D eigenvalue weighted by Gasteiger charge is 2.45. The first-order valence-corrected chi connectivity index (χ1v) is 14.5. The fourth-order valence-corrected chi connectivity index (χ4v) is 6.38. The van der Waals surface area contributed by atoms with Gasteiger partial charge in [-0.15, -0.1) is 0 Å². The van der Waals surface area contributed by atoms with Gasteiger partial charge in [-0.3, -0.25) is 9.69 Å². The Morgan fingerprint density at radius 2 is 1.83 bits per heavy atom. The Morgan fingerprint density at radius 1 is 1.12 bits per heavy atom. The lowest BCUT2D eigenvalue weighted by atomic mass is 9.68. The second-order valence-electron chi connectivity index (χ2n) is 12.0. The molecule has 7 heteroatoms. The van der Waals surface area contributed by atoms with Gasteiger partial charge in [-0.25, -0.2) is 4.39 Å². The van der Waals surface area contributed by atoms with Crippen LogP contribution in [-0.4, -0.2) is 5.78 Å². The molecule has 1 aliphatic heterocycles. The number of rotatable bonds is 6. The Bertz CT molecular complexity index is 1680. The summed E-state index contributed by atoms with van der Waals surface area (Å²) in [7, 11) is 0. The number of ketones is 1. The van der Waals surface area contributed by atoms with Crippen LogP contribution in [-0.2, 0) is 17.8 Å². The van der Waals surface area contributed by atoms with Crippen LogP contribution in [0.2, 0.25) is 5.02 Å². The molecule has 1 unspecified atom stereocenters. The molecular weight excluding hydrogens is 549 g/mol. The van der Waals surface area contributed by atoms with Gasteiger partial charge >= 0.3 is 0 Å². The van der Waals surface area contributed by atoms with Crippen molar-refractivity contribution in [2.45, 2.75) is 66.4 Å². The average Bonchev–Trinajstić information content (AvgIpc) is 2.93. The molecule has 0 saturated carbocycles. The molecule has 2 aliphatic rings. The van der Waals surface area contributed by atoms with Crippen LogP contribution in [0.1, 0.15) is 67.3 Å². The van der Waals surface area contributed by atoms with Crippen molar-refractivity contribution in [1.29, 1.82) is 5.26 Å². The lowest BCUT2D eigenvalue weighted by Crippen LogP contribution is -2.42. The van der Waals surface area contributed by atoms with E-state index in [1.807, 2.05) is 43.0 Å². The van der Waals surface area contributed by atoms with Gasteiger partial charge in [0.25, 0.3) is 0 Å². The third-order valence-electron chi connectivity index (χ3n) is 8.27. The highest BCUT2D eigenvalue weighted by molar-refractivity contribution is 6.32. The molecule has 0 radical (unpaired) electrons. The minimum absolute atomic E-state index is 0.0264. The third kappa shape index (κ3) is 5.42. The maximum atomic E-state index is 14.0. The molecule has 0 saturated heterocycles. The number of nitrogens with zero attached hydrogens (tertiary/aromatic N) is 2. The first-order chi connectivity index (χ1) is 19.9. The number of nitriles is 1. The van der Waals surface area contributed by atoms with E-state index in [1.54, 1.807) is 0 Å². The first kappa shape index (κ1) is 29.4. The highest BCUT2D eigenvalue weighted by Crippen LogP contribution is 2.51. The molecule has 0 fully saturated rings. The summed E-state index contributed by atoms with van der Waals surface area (Å²) in [6.07, 6.45) is 1.93. The molecule has 3 aromatic carbocycles. The molecule has 1 aliphatic carbocycles. The summed E-state index contributed by atoms with van der Waals surface area (Å²) in [5.41, 5.74) is 14.0.